The molecule has 0 aliphatic rings. The molecule has 1 amide bonds. The summed E-state index contributed by atoms with van der Waals surface area (Å²) in [6.45, 7) is 5.15. The second-order valence-corrected chi connectivity index (χ2v) is 6.68. The molecule has 0 aliphatic heterocycles. The number of amides is 1. The number of carbonyl (C=O) groups is 1. The highest BCUT2D eigenvalue weighted by Crippen LogP contribution is 2.30. The molecule has 1 N–H and O–H groups in total. The summed E-state index contributed by atoms with van der Waals surface area (Å²) in [7, 11) is 3.25. The van der Waals surface area contributed by atoms with E-state index in [0.29, 0.717) is 24.5 Å². The molecule has 3 rings (SSSR count). The van der Waals surface area contributed by atoms with E-state index in [-0.39, 0.29) is 5.91 Å². The van der Waals surface area contributed by atoms with Crippen molar-refractivity contribution in [2.24, 2.45) is 7.05 Å². The Morgan fingerprint density at radius 2 is 2.16 bits per heavy atom. The van der Waals surface area contributed by atoms with Crippen molar-refractivity contribution in [3.8, 4) is 16.3 Å². The molecule has 0 fully saturated rings. The molecule has 0 spiro atoms. The van der Waals surface area contributed by atoms with Gasteiger partial charge in [-0.2, -0.15) is 5.10 Å². The van der Waals surface area contributed by atoms with Crippen LogP contribution in [0, 0.1) is 13.8 Å². The number of carbonyl (C=O) groups excluding carboxylic acids is 1. The van der Waals surface area contributed by atoms with E-state index in [9.17, 15) is 4.79 Å². The van der Waals surface area contributed by atoms with E-state index in [1.54, 1.807) is 29.3 Å². The second-order valence-electron chi connectivity index (χ2n) is 5.73. The maximum absolute atomic E-state index is 12.3. The van der Waals surface area contributed by atoms with Crippen molar-refractivity contribution < 1.29 is 9.53 Å². The Morgan fingerprint density at radius 3 is 2.84 bits per heavy atom. The molecule has 0 aromatic carbocycles. The third kappa shape index (κ3) is 3.43. The average molecular weight is 359 g/mol. The number of thiophene rings is 1. The minimum absolute atomic E-state index is 0.204. The van der Waals surface area contributed by atoms with Gasteiger partial charge in [0.1, 0.15) is 5.56 Å². The van der Waals surface area contributed by atoms with Gasteiger partial charge in [-0.05, 0) is 25.3 Å². The predicted molar refractivity (Wildman–Crippen MR) is 97.1 cm³/mol. The Kier molecular flexibility index (Phi) is 4.89. The van der Waals surface area contributed by atoms with E-state index in [1.165, 1.54) is 17.6 Å². The summed E-state index contributed by atoms with van der Waals surface area (Å²) >= 11 is 1.70. The quantitative estimate of drug-likeness (QED) is 0.733. The second kappa shape index (κ2) is 7.10. The van der Waals surface area contributed by atoms with Crippen LogP contribution in [0.15, 0.2) is 23.7 Å². The molecule has 0 unspecified atom stereocenters. The molecule has 0 atom stereocenters. The molecule has 0 radical (unpaired) electrons. The van der Waals surface area contributed by atoms with Crippen LogP contribution in [0.25, 0.3) is 10.4 Å². The van der Waals surface area contributed by atoms with E-state index >= 15 is 0 Å². The number of rotatable bonds is 6. The fourth-order valence-corrected chi connectivity index (χ4v) is 3.71. The first kappa shape index (κ1) is 17.2. The minimum Gasteiger partial charge on any atom is -0.479 e. The smallest absolute Gasteiger partial charge is 0.258 e. The highest BCUT2D eigenvalue weighted by atomic mass is 32.1. The van der Waals surface area contributed by atoms with E-state index in [2.05, 4.69) is 33.9 Å². The predicted octanol–water partition coefficient (Wildman–Crippen LogP) is 2.40. The largest absolute Gasteiger partial charge is 0.479 e. The lowest BCUT2D eigenvalue weighted by molar-refractivity contribution is 0.0948. The third-order valence-corrected chi connectivity index (χ3v) is 4.88. The molecule has 3 aromatic rings. The maximum atomic E-state index is 12.3. The monoisotopic (exact) mass is 359 g/mol. The van der Waals surface area contributed by atoms with Crippen LogP contribution < -0.4 is 10.1 Å². The van der Waals surface area contributed by atoms with Gasteiger partial charge < -0.3 is 10.1 Å². The summed E-state index contributed by atoms with van der Waals surface area (Å²) in [4.78, 5) is 13.5. The molecule has 3 heterocycles. The minimum atomic E-state index is -0.204. The summed E-state index contributed by atoms with van der Waals surface area (Å²) in [5.41, 5.74) is 3.71. The molecule has 0 aliphatic carbocycles. The van der Waals surface area contributed by atoms with Gasteiger partial charge in [-0.25, -0.2) is 0 Å². The summed E-state index contributed by atoms with van der Waals surface area (Å²) in [5, 5.41) is 13.7. The van der Waals surface area contributed by atoms with Gasteiger partial charge in [0.15, 0.2) is 0 Å². The maximum Gasteiger partial charge on any atom is 0.258 e. The molecule has 7 nitrogen and oxygen atoms in total. The zero-order valence-electron chi connectivity index (χ0n) is 14.7. The Hall–Kier alpha value is -2.61. The summed E-state index contributed by atoms with van der Waals surface area (Å²) < 4.78 is 8.62. The fraction of sp³-hybridized carbons (Fsp3) is 0.353. The standard InChI is InChI=1S/C17H21N5O2S/c1-11-15(14-6-5-9-25-14)12(2)22(19-11)8-7-18-16(23)13-10-21(3)20-17(13)24-4/h5-6,9-10H,7-8H2,1-4H3,(H,18,23). The van der Waals surface area contributed by atoms with Crippen LogP contribution in [0.2, 0.25) is 0 Å². The highest BCUT2D eigenvalue weighted by Gasteiger charge is 2.17. The van der Waals surface area contributed by atoms with Crippen molar-refractivity contribution in [2.75, 3.05) is 13.7 Å². The van der Waals surface area contributed by atoms with Crippen molar-refractivity contribution in [1.82, 2.24) is 24.9 Å². The highest BCUT2D eigenvalue weighted by molar-refractivity contribution is 7.13. The molecule has 0 bridgehead atoms. The summed E-state index contributed by atoms with van der Waals surface area (Å²) in [6.07, 6.45) is 1.65. The number of aromatic nitrogens is 4. The van der Waals surface area contributed by atoms with Gasteiger partial charge in [-0.3, -0.25) is 14.2 Å². The van der Waals surface area contributed by atoms with Crippen LogP contribution in [0.4, 0.5) is 0 Å². The lowest BCUT2D eigenvalue weighted by atomic mass is 10.1. The van der Waals surface area contributed by atoms with E-state index in [4.69, 9.17) is 4.74 Å². The number of nitrogens with one attached hydrogen (secondary N) is 1. The topological polar surface area (TPSA) is 74.0 Å². The number of hydrogen-bond donors (Lipinski definition) is 1. The number of nitrogens with zero attached hydrogens (tertiary/aromatic N) is 4. The first-order chi connectivity index (χ1) is 12.0. The molecule has 3 aromatic heterocycles. The van der Waals surface area contributed by atoms with Crippen LogP contribution in [0.1, 0.15) is 21.7 Å². The normalized spacial score (nSPS) is 10.9. The van der Waals surface area contributed by atoms with Crippen molar-refractivity contribution in [1.29, 1.82) is 0 Å². The zero-order chi connectivity index (χ0) is 18.0. The molecule has 0 saturated carbocycles. The lowest BCUT2D eigenvalue weighted by Crippen LogP contribution is -2.27. The SMILES string of the molecule is COc1nn(C)cc1C(=O)NCCn1nc(C)c(-c2cccs2)c1C. The number of aryl methyl sites for hydroxylation is 2. The number of ether oxygens (including phenoxy) is 1. The van der Waals surface area contributed by atoms with Crippen LogP contribution >= 0.6 is 11.3 Å². The van der Waals surface area contributed by atoms with Crippen molar-refractivity contribution in [3.63, 3.8) is 0 Å². The first-order valence-corrected chi connectivity index (χ1v) is 8.83. The fourth-order valence-electron chi connectivity index (χ4n) is 2.84. The van der Waals surface area contributed by atoms with Crippen molar-refractivity contribution in [2.45, 2.75) is 20.4 Å². The number of hydrogen-bond acceptors (Lipinski definition) is 5. The van der Waals surface area contributed by atoms with Crippen LogP contribution in [-0.2, 0) is 13.6 Å². The van der Waals surface area contributed by atoms with Crippen LogP contribution in [0.3, 0.4) is 0 Å². The molecule has 8 heteroatoms. The van der Waals surface area contributed by atoms with E-state index in [0.717, 1.165) is 11.4 Å². The van der Waals surface area contributed by atoms with Gasteiger partial charge in [0.25, 0.3) is 5.91 Å². The Labute approximate surface area is 150 Å². The molecule has 0 saturated heterocycles. The molecular formula is C17H21N5O2S. The summed E-state index contributed by atoms with van der Waals surface area (Å²) in [5.74, 6) is 0.121. The third-order valence-electron chi connectivity index (χ3n) is 3.99. The lowest BCUT2D eigenvalue weighted by Gasteiger charge is -2.07. The van der Waals surface area contributed by atoms with E-state index in [1.807, 2.05) is 17.7 Å². The Bertz CT molecular complexity index is 879. The van der Waals surface area contributed by atoms with Crippen LogP contribution in [-0.4, -0.2) is 39.1 Å². The van der Waals surface area contributed by atoms with Gasteiger partial charge >= 0.3 is 0 Å². The average Bonchev–Trinajstić information content (AvgIpc) is 3.28. The van der Waals surface area contributed by atoms with Gasteiger partial charge in [0.2, 0.25) is 5.88 Å². The summed E-state index contributed by atoms with van der Waals surface area (Å²) in [6, 6.07) is 4.14. The zero-order valence-corrected chi connectivity index (χ0v) is 15.6. The van der Waals surface area contributed by atoms with Gasteiger partial charge in [-0.1, -0.05) is 6.07 Å². The number of methoxy groups -OCH3 is 1. The van der Waals surface area contributed by atoms with Crippen molar-refractivity contribution in [3.05, 3.63) is 40.7 Å². The Morgan fingerprint density at radius 1 is 1.36 bits per heavy atom. The van der Waals surface area contributed by atoms with Crippen molar-refractivity contribution >= 4 is 17.2 Å². The van der Waals surface area contributed by atoms with Crippen LogP contribution in [0.5, 0.6) is 5.88 Å². The molecule has 25 heavy (non-hydrogen) atoms. The van der Waals surface area contributed by atoms with Gasteiger partial charge in [0.05, 0.1) is 19.3 Å². The molecular weight excluding hydrogens is 338 g/mol. The van der Waals surface area contributed by atoms with E-state index < -0.39 is 0 Å². The Balaban J connectivity index is 1.66. The molecule has 132 valence electrons. The first-order valence-electron chi connectivity index (χ1n) is 7.95. The van der Waals surface area contributed by atoms with Gasteiger partial charge in [0, 0.05) is 35.9 Å². The van der Waals surface area contributed by atoms with Gasteiger partial charge in [-0.15, -0.1) is 16.4 Å².